The van der Waals surface area contributed by atoms with Crippen LogP contribution in [0.5, 0.6) is 0 Å². The first kappa shape index (κ1) is 12.7. The fraction of sp³-hybridized carbons (Fsp3) is 0.562. The van der Waals surface area contributed by atoms with Crippen molar-refractivity contribution in [3.8, 4) is 0 Å². The molecule has 1 aliphatic carbocycles. The van der Waals surface area contributed by atoms with Crippen molar-refractivity contribution >= 4 is 5.91 Å². The molecule has 0 spiro atoms. The summed E-state index contributed by atoms with van der Waals surface area (Å²) in [5.74, 6) is 0.731. The van der Waals surface area contributed by atoms with Crippen LogP contribution < -0.4 is 0 Å². The Kier molecular flexibility index (Phi) is 3.31. The van der Waals surface area contributed by atoms with Gasteiger partial charge < -0.3 is 10.0 Å². The van der Waals surface area contributed by atoms with Crippen LogP contribution in [-0.2, 0) is 17.6 Å². The Balaban J connectivity index is 1.73. The Morgan fingerprint density at radius 3 is 2.53 bits per heavy atom. The molecule has 3 nitrogen and oxygen atoms in total. The topological polar surface area (TPSA) is 40.5 Å². The van der Waals surface area contributed by atoms with Gasteiger partial charge >= 0.3 is 0 Å². The molecule has 102 valence electrons. The zero-order chi connectivity index (χ0) is 13.4. The summed E-state index contributed by atoms with van der Waals surface area (Å²) >= 11 is 0. The third kappa shape index (κ3) is 2.16. The van der Waals surface area contributed by atoms with E-state index in [1.54, 1.807) is 0 Å². The highest BCUT2D eigenvalue weighted by Gasteiger charge is 2.38. The van der Waals surface area contributed by atoms with Gasteiger partial charge in [-0.05, 0) is 36.3 Å². The first-order valence-corrected chi connectivity index (χ1v) is 7.19. The van der Waals surface area contributed by atoms with Crippen LogP contribution in [0.1, 0.15) is 24.5 Å². The van der Waals surface area contributed by atoms with Crippen LogP contribution in [0.2, 0.25) is 0 Å². The molecule has 2 atom stereocenters. The number of benzene rings is 1. The molecule has 1 aliphatic heterocycles. The standard InChI is InChI=1S/C16H21NO2/c1-11-6-7-17(15(11)10-18)16(19)14-8-12-4-2-3-5-13(12)9-14/h2-5,11,14-15,18H,6-10H2,1H3. The summed E-state index contributed by atoms with van der Waals surface area (Å²) in [4.78, 5) is 14.6. The number of nitrogens with zero attached hydrogens (tertiary/aromatic N) is 1. The van der Waals surface area contributed by atoms with Crippen LogP contribution >= 0.6 is 0 Å². The van der Waals surface area contributed by atoms with Crippen LogP contribution in [0.4, 0.5) is 0 Å². The maximum atomic E-state index is 12.6. The molecule has 3 heteroatoms. The van der Waals surface area contributed by atoms with Crippen LogP contribution in [0.25, 0.3) is 0 Å². The average molecular weight is 259 g/mol. The summed E-state index contributed by atoms with van der Waals surface area (Å²) in [5, 5.41) is 9.48. The highest BCUT2D eigenvalue weighted by Crippen LogP contribution is 2.31. The minimum atomic E-state index is 0.0243. The molecular formula is C16H21NO2. The number of hydrogen-bond donors (Lipinski definition) is 1. The summed E-state index contributed by atoms with van der Waals surface area (Å²) in [6, 6.07) is 8.36. The highest BCUT2D eigenvalue weighted by molar-refractivity contribution is 5.81. The molecule has 2 aliphatic rings. The van der Waals surface area contributed by atoms with E-state index >= 15 is 0 Å². The van der Waals surface area contributed by atoms with E-state index in [4.69, 9.17) is 0 Å². The van der Waals surface area contributed by atoms with E-state index in [0.29, 0.717) is 5.92 Å². The third-order valence-electron chi connectivity index (χ3n) is 4.75. The lowest BCUT2D eigenvalue weighted by atomic mass is 10.0. The van der Waals surface area contributed by atoms with Gasteiger partial charge in [-0.25, -0.2) is 0 Å². The van der Waals surface area contributed by atoms with Crippen molar-refractivity contribution < 1.29 is 9.90 Å². The summed E-state index contributed by atoms with van der Waals surface area (Å²) in [7, 11) is 0. The fourth-order valence-corrected chi connectivity index (χ4v) is 3.53. The third-order valence-corrected chi connectivity index (χ3v) is 4.75. The molecule has 1 amide bonds. The number of likely N-dealkylation sites (tertiary alicyclic amines) is 1. The molecule has 3 rings (SSSR count). The Labute approximate surface area is 114 Å². The monoisotopic (exact) mass is 259 g/mol. The smallest absolute Gasteiger partial charge is 0.226 e. The van der Waals surface area contributed by atoms with Crippen molar-refractivity contribution in [2.45, 2.75) is 32.2 Å². The minimum absolute atomic E-state index is 0.0243. The lowest BCUT2D eigenvalue weighted by molar-refractivity contribution is -0.137. The number of carbonyl (C=O) groups is 1. The number of aliphatic hydroxyl groups excluding tert-OH is 1. The van der Waals surface area contributed by atoms with Gasteiger partial charge in [-0.3, -0.25) is 4.79 Å². The van der Waals surface area contributed by atoms with E-state index in [1.165, 1.54) is 11.1 Å². The molecule has 0 aromatic heterocycles. The molecule has 0 bridgehead atoms. The van der Waals surface area contributed by atoms with Gasteiger partial charge in [0.25, 0.3) is 0 Å². The molecule has 2 unspecified atom stereocenters. The second kappa shape index (κ2) is 4.97. The van der Waals surface area contributed by atoms with Crippen molar-refractivity contribution in [1.82, 2.24) is 4.90 Å². The van der Waals surface area contributed by atoms with E-state index in [1.807, 2.05) is 17.0 Å². The lowest BCUT2D eigenvalue weighted by Gasteiger charge is -2.27. The Hall–Kier alpha value is -1.35. The summed E-state index contributed by atoms with van der Waals surface area (Å²) in [6.45, 7) is 3.02. The summed E-state index contributed by atoms with van der Waals surface area (Å²) in [6.07, 6.45) is 2.73. The van der Waals surface area contributed by atoms with E-state index in [-0.39, 0.29) is 24.5 Å². The second-order valence-electron chi connectivity index (χ2n) is 5.92. The van der Waals surface area contributed by atoms with E-state index in [9.17, 15) is 9.90 Å². The Bertz CT molecular complexity index is 460. The zero-order valence-electron chi connectivity index (χ0n) is 11.4. The fourth-order valence-electron chi connectivity index (χ4n) is 3.53. The molecule has 1 heterocycles. The number of fused-ring (bicyclic) bond motifs is 1. The van der Waals surface area contributed by atoms with Crippen LogP contribution in [-0.4, -0.2) is 35.1 Å². The average Bonchev–Trinajstić information content (AvgIpc) is 3.00. The van der Waals surface area contributed by atoms with Crippen LogP contribution in [0.3, 0.4) is 0 Å². The number of amides is 1. The lowest BCUT2D eigenvalue weighted by Crippen LogP contribution is -2.43. The normalized spacial score (nSPS) is 26.7. The summed E-state index contributed by atoms with van der Waals surface area (Å²) < 4.78 is 0. The molecular weight excluding hydrogens is 238 g/mol. The van der Waals surface area contributed by atoms with E-state index < -0.39 is 0 Å². The number of rotatable bonds is 2. The zero-order valence-corrected chi connectivity index (χ0v) is 11.4. The quantitative estimate of drug-likeness (QED) is 0.877. The minimum Gasteiger partial charge on any atom is -0.394 e. The molecule has 19 heavy (non-hydrogen) atoms. The number of hydrogen-bond acceptors (Lipinski definition) is 2. The van der Waals surface area contributed by atoms with Crippen molar-refractivity contribution in [2.75, 3.05) is 13.2 Å². The molecule has 0 saturated carbocycles. The van der Waals surface area contributed by atoms with Gasteiger partial charge in [0.15, 0.2) is 0 Å². The van der Waals surface area contributed by atoms with Gasteiger partial charge in [-0.15, -0.1) is 0 Å². The largest absolute Gasteiger partial charge is 0.394 e. The number of aliphatic hydroxyl groups is 1. The van der Waals surface area contributed by atoms with Gasteiger partial charge in [0, 0.05) is 12.5 Å². The van der Waals surface area contributed by atoms with E-state index in [0.717, 1.165) is 25.8 Å². The van der Waals surface area contributed by atoms with Crippen LogP contribution in [0.15, 0.2) is 24.3 Å². The SMILES string of the molecule is CC1CCN(C(=O)C2Cc3ccccc3C2)C1CO. The maximum Gasteiger partial charge on any atom is 0.226 e. The first-order valence-electron chi connectivity index (χ1n) is 7.19. The van der Waals surface area contributed by atoms with Gasteiger partial charge in [0.2, 0.25) is 5.91 Å². The molecule has 0 radical (unpaired) electrons. The molecule has 1 aromatic carbocycles. The molecule has 1 saturated heterocycles. The van der Waals surface area contributed by atoms with Gasteiger partial charge in [0.1, 0.15) is 0 Å². The predicted octanol–water partition coefficient (Wildman–Crippen LogP) is 1.63. The highest BCUT2D eigenvalue weighted by atomic mass is 16.3. The number of carbonyl (C=O) groups excluding carboxylic acids is 1. The molecule has 1 N–H and O–H groups in total. The van der Waals surface area contributed by atoms with Crippen molar-refractivity contribution in [3.63, 3.8) is 0 Å². The Morgan fingerprint density at radius 2 is 1.95 bits per heavy atom. The van der Waals surface area contributed by atoms with Gasteiger partial charge in [-0.2, -0.15) is 0 Å². The van der Waals surface area contributed by atoms with Gasteiger partial charge in [-0.1, -0.05) is 31.2 Å². The molecule has 1 aromatic rings. The van der Waals surface area contributed by atoms with Crippen LogP contribution in [0, 0.1) is 11.8 Å². The van der Waals surface area contributed by atoms with Gasteiger partial charge in [0.05, 0.1) is 12.6 Å². The van der Waals surface area contributed by atoms with Crippen molar-refractivity contribution in [2.24, 2.45) is 11.8 Å². The predicted molar refractivity (Wildman–Crippen MR) is 73.7 cm³/mol. The van der Waals surface area contributed by atoms with E-state index in [2.05, 4.69) is 19.1 Å². The molecule has 1 fully saturated rings. The summed E-state index contributed by atoms with van der Waals surface area (Å²) in [5.41, 5.74) is 2.63. The second-order valence-corrected chi connectivity index (χ2v) is 5.92. The maximum absolute atomic E-state index is 12.6. The Morgan fingerprint density at radius 1 is 1.32 bits per heavy atom. The van der Waals surface area contributed by atoms with Crippen molar-refractivity contribution in [3.05, 3.63) is 35.4 Å². The first-order chi connectivity index (χ1) is 9.20. The van der Waals surface area contributed by atoms with Crippen molar-refractivity contribution in [1.29, 1.82) is 0 Å².